The number of hydrogen-bond donors (Lipinski definition) is 1. The van der Waals surface area contributed by atoms with Crippen molar-refractivity contribution < 1.29 is 48.9 Å². The van der Waals surface area contributed by atoms with Gasteiger partial charge in [0.2, 0.25) is 0 Å². The third kappa shape index (κ3) is 3.88. The zero-order valence-electron chi connectivity index (χ0n) is 10.9. The topological polar surface area (TPSA) is 58.1 Å². The number of carbonyl (C=O) groups is 1. The van der Waals surface area contributed by atoms with Gasteiger partial charge in [0, 0.05) is 0 Å². The molecular weight excluding hydrogens is 389 g/mol. The molecule has 0 aliphatic carbocycles. The molecule has 0 aliphatic heterocycles. The van der Waals surface area contributed by atoms with E-state index in [1.165, 1.54) is 11.2 Å². The summed E-state index contributed by atoms with van der Waals surface area (Å²) in [6.45, 7) is 7.93. The Labute approximate surface area is 138 Å². The number of rotatable bonds is 4. The second kappa shape index (κ2) is 6.80. The summed E-state index contributed by atoms with van der Waals surface area (Å²) in [6.07, 6.45) is 1.37. The van der Waals surface area contributed by atoms with Crippen molar-refractivity contribution in [2.45, 2.75) is 19.9 Å². The fraction of sp³-hybridized carbons (Fsp3) is 0.417. The van der Waals surface area contributed by atoms with Gasteiger partial charge in [0.25, 0.3) is 0 Å². The first kappa shape index (κ1) is 15.8. The minimum atomic E-state index is -0.181. The summed E-state index contributed by atoms with van der Waals surface area (Å²) in [5, 5.41) is 3.19. The van der Waals surface area contributed by atoms with Gasteiger partial charge in [0.05, 0.1) is 0 Å². The maximum atomic E-state index is 11.9. The Balaban J connectivity index is 3.13. The first-order valence-electron chi connectivity index (χ1n) is 5.47. The first-order valence-corrected chi connectivity index (χ1v) is 6.32. The van der Waals surface area contributed by atoms with Gasteiger partial charge in [-0.05, 0) is 0 Å². The van der Waals surface area contributed by atoms with Crippen molar-refractivity contribution in [3.05, 3.63) is 30.2 Å². The molecule has 1 aromatic heterocycles. The predicted octanol–water partition coefficient (Wildman–Crippen LogP) is 0.386. The Bertz CT molecular complexity index is 471. The summed E-state index contributed by atoms with van der Waals surface area (Å²) in [5.41, 5.74) is 1.47. The molecular formula is C12H17N4OYb-. The van der Waals surface area contributed by atoms with Crippen molar-refractivity contribution in [1.82, 2.24) is 20.2 Å². The van der Waals surface area contributed by atoms with E-state index < -0.39 is 0 Å². The molecule has 0 radical (unpaired) electrons. The molecule has 106 valence electrons. The van der Waals surface area contributed by atoms with Crippen LogP contribution in [0.4, 0.5) is 0 Å². The molecule has 0 fully saturated rings. The summed E-state index contributed by atoms with van der Waals surface area (Å²) in [4.78, 5) is 21.5. The van der Waals surface area contributed by atoms with E-state index in [4.69, 9.17) is 0 Å². The van der Waals surface area contributed by atoms with E-state index in [1.54, 1.807) is 14.1 Å². The molecule has 0 saturated heterocycles. The van der Waals surface area contributed by atoms with Crippen LogP contribution in [0, 0.1) is 51.0 Å². The zero-order valence-corrected chi connectivity index (χ0v) is 12.6. The molecule has 18 heavy (non-hydrogen) atoms. The second-order valence-electron chi connectivity index (χ2n) is 4.31. The van der Waals surface area contributed by atoms with E-state index in [0.29, 0.717) is 17.0 Å². The summed E-state index contributed by atoms with van der Waals surface area (Å²) in [7, 11) is 3.36. The normalized spacial score (nSPS) is 10.6. The molecule has 0 aromatic carbocycles. The molecule has 5 nitrogen and oxygen atoms in total. The number of aromatic nitrogens is 2. The van der Waals surface area contributed by atoms with Crippen LogP contribution in [0.25, 0.3) is 0 Å². The van der Waals surface area contributed by atoms with Gasteiger partial charge < -0.3 is 0 Å². The van der Waals surface area contributed by atoms with E-state index >= 15 is 0 Å². The third-order valence-corrected chi connectivity index (χ3v) is 2.79. The van der Waals surface area contributed by atoms with Gasteiger partial charge in [-0.25, -0.2) is 0 Å². The molecule has 6 heteroatoms. The van der Waals surface area contributed by atoms with Crippen molar-refractivity contribution in [1.29, 1.82) is 0 Å². The second-order valence-corrected chi connectivity index (χ2v) is 5.16. The number of hydrogen-bond acceptors (Lipinski definition) is 4. The third-order valence-electron chi connectivity index (χ3n) is 2.14. The van der Waals surface area contributed by atoms with Gasteiger partial charge in [-0.3, -0.25) is 0 Å². The molecule has 0 unspecified atom stereocenters. The van der Waals surface area contributed by atoms with E-state index in [9.17, 15) is 4.79 Å². The van der Waals surface area contributed by atoms with Gasteiger partial charge in [-0.2, -0.15) is 0 Å². The van der Waals surface area contributed by atoms with Gasteiger partial charge in [0.1, 0.15) is 0 Å². The van der Waals surface area contributed by atoms with Crippen LogP contribution in [0.15, 0.2) is 6.33 Å². The van der Waals surface area contributed by atoms with Crippen molar-refractivity contribution in [2.75, 3.05) is 14.1 Å². The minimum absolute atomic E-state index is 0.181. The van der Waals surface area contributed by atoms with E-state index in [-0.39, 0.29) is 11.9 Å². The van der Waals surface area contributed by atoms with Gasteiger partial charge in [-0.1, -0.05) is 0 Å². The molecule has 0 atom stereocenters. The summed E-state index contributed by atoms with van der Waals surface area (Å²) < 4.78 is 0.755. The molecule has 0 spiro atoms. The summed E-state index contributed by atoms with van der Waals surface area (Å²) in [6, 6.07) is 0.264. The molecule has 0 aliphatic rings. The van der Waals surface area contributed by atoms with Crippen LogP contribution in [-0.2, 0) is 0 Å². The number of amides is 1. The van der Waals surface area contributed by atoms with Gasteiger partial charge in [-0.15, -0.1) is 0 Å². The average Bonchev–Trinajstić information content (AvgIpc) is 2.27. The summed E-state index contributed by atoms with van der Waals surface area (Å²) in [5.74, 6) is -0.181. The van der Waals surface area contributed by atoms with Crippen molar-refractivity contribution >= 4 is 6.27 Å². The van der Waals surface area contributed by atoms with E-state index in [1.807, 2.05) is 13.8 Å². The fourth-order valence-electron chi connectivity index (χ4n) is 1.26. The van der Waals surface area contributed by atoms with Gasteiger partial charge >= 0.3 is 140 Å². The summed E-state index contributed by atoms with van der Waals surface area (Å²) >= 11 is 3.02. The number of carbonyl (C=O) groups excluding carboxylic acids is 1. The molecule has 1 rings (SSSR count). The Morgan fingerprint density at radius 3 is 2.44 bits per heavy atom. The Kier molecular flexibility index (Phi) is 5.98. The van der Waals surface area contributed by atoms with Crippen LogP contribution in [0.2, 0.25) is 0 Å². The van der Waals surface area contributed by atoms with E-state index in [2.05, 4.69) is 66.3 Å². The Hall–Kier alpha value is -0.231. The Morgan fingerprint density at radius 1 is 1.39 bits per heavy atom. The van der Waals surface area contributed by atoms with Crippen LogP contribution in [0.3, 0.4) is 0 Å². The Morgan fingerprint density at radius 2 is 1.94 bits per heavy atom. The molecule has 1 N–H and O–H groups in total. The van der Waals surface area contributed by atoms with Crippen LogP contribution < -0.4 is 5.32 Å². The fourth-order valence-corrected chi connectivity index (χ4v) is 2.13. The molecule has 1 aromatic rings. The van der Waals surface area contributed by atoms with Crippen molar-refractivity contribution in [3.8, 4) is 0 Å². The van der Waals surface area contributed by atoms with Crippen molar-refractivity contribution in [3.63, 3.8) is 0 Å². The molecule has 1 heterocycles. The van der Waals surface area contributed by atoms with Gasteiger partial charge in [0.15, 0.2) is 0 Å². The quantitative estimate of drug-likeness (QED) is 0.735. The van der Waals surface area contributed by atoms with Crippen LogP contribution in [-0.4, -0.2) is 41.3 Å². The molecule has 1 amide bonds. The van der Waals surface area contributed by atoms with Crippen LogP contribution >= 0.6 is 0 Å². The zero-order chi connectivity index (χ0) is 13.9. The average molecular weight is 406 g/mol. The number of nitrogens with one attached hydrogen (secondary N) is 1. The predicted molar refractivity (Wildman–Crippen MR) is 66.9 cm³/mol. The standard InChI is InChI=1S/C12H17N4O.Yb/c1-8(2)13-6-10-9(3)11(15-7-14-10)12(17)16(4)5;/h7-8,13H,3H2,1-2,4-5H3;/q-1;. The maximum absolute atomic E-state index is 11.9. The number of nitrogens with zero attached hydrogens (tertiary/aromatic N) is 3. The van der Waals surface area contributed by atoms with Crippen molar-refractivity contribution in [2.24, 2.45) is 0 Å². The SMILES string of the molecule is [CH2-]c1c(C(=O)N(C)C)ncnc1[C](=[Yb])NC(C)C. The van der Waals surface area contributed by atoms with Crippen LogP contribution in [0.5, 0.6) is 0 Å². The van der Waals surface area contributed by atoms with E-state index in [0.717, 1.165) is 0.358 Å². The molecule has 0 bridgehead atoms. The van der Waals surface area contributed by atoms with Crippen LogP contribution in [0.1, 0.15) is 35.6 Å². The molecule has 0 saturated carbocycles. The first-order chi connectivity index (χ1) is 8.34. The monoisotopic (exact) mass is 407 g/mol.